The Bertz CT molecular complexity index is 623. The number of thioether (sulfide) groups is 1. The van der Waals surface area contributed by atoms with Gasteiger partial charge < -0.3 is 0 Å². The van der Waals surface area contributed by atoms with Gasteiger partial charge >= 0.3 is 168 Å². The van der Waals surface area contributed by atoms with E-state index >= 15 is 0 Å². The van der Waals surface area contributed by atoms with E-state index in [1.807, 2.05) is 0 Å². The van der Waals surface area contributed by atoms with Crippen LogP contribution in [0.2, 0.25) is 0 Å². The van der Waals surface area contributed by atoms with Crippen molar-refractivity contribution in [1.29, 1.82) is 0 Å². The molecule has 1 aliphatic rings. The number of hydrogen-bond donors (Lipinski definition) is 1. The molecule has 1 saturated heterocycles. The van der Waals surface area contributed by atoms with Gasteiger partial charge in [-0.3, -0.25) is 0 Å². The van der Waals surface area contributed by atoms with E-state index in [4.69, 9.17) is 23.3 Å². The van der Waals surface area contributed by atoms with Crippen molar-refractivity contribution >= 4 is 21.9 Å². The Morgan fingerprint density at radius 1 is 0.923 bits per heavy atom. The molecule has 1 aliphatic heterocycles. The summed E-state index contributed by atoms with van der Waals surface area (Å²) in [5.41, 5.74) is 4.05. The van der Waals surface area contributed by atoms with Crippen molar-refractivity contribution in [3.8, 4) is 0 Å². The number of hydrogen-bond acceptors (Lipinski definition) is 2. The van der Waals surface area contributed by atoms with E-state index in [9.17, 15) is 0 Å². The van der Waals surface area contributed by atoms with Gasteiger partial charge in [0.15, 0.2) is 0 Å². The van der Waals surface area contributed by atoms with Crippen LogP contribution in [0.1, 0.15) is 5.56 Å². The van der Waals surface area contributed by atoms with Gasteiger partial charge in [-0.15, -0.1) is 0 Å². The molecule has 8 heteroatoms. The molecule has 1 fully saturated rings. The van der Waals surface area contributed by atoms with Gasteiger partial charge in [0.1, 0.15) is 0 Å². The fourth-order valence-electron chi connectivity index (χ4n) is 1.63. The summed E-state index contributed by atoms with van der Waals surface area (Å²) in [6.07, 6.45) is 4.37. The van der Waals surface area contributed by atoms with Crippen molar-refractivity contribution in [2.24, 2.45) is 0 Å². The van der Waals surface area contributed by atoms with Crippen LogP contribution in [0.25, 0.3) is 6.08 Å². The molecule has 1 aromatic carbocycles. The summed E-state index contributed by atoms with van der Waals surface area (Å²) in [5, 5.41) is 5.66. The van der Waals surface area contributed by atoms with E-state index in [1.165, 1.54) is 40.1 Å². The van der Waals surface area contributed by atoms with Crippen LogP contribution in [0, 0.1) is 33.3 Å². The quantitative estimate of drug-likeness (QED) is 0.460. The standard InChI is InChI=1S/C13H13NS.5CO.W/c1-15-10-13-9-14-8-12(13)7-11-5-3-2-4-6-11;5*1-2;/h2-7,10,14H,9H2,1H3;;;;;;. The van der Waals surface area contributed by atoms with E-state index in [1.54, 1.807) is 11.8 Å². The maximum atomic E-state index is 7.50. The normalized spacial score (nSPS) is 13.3. The molecule has 1 heterocycles. The topological polar surface area (TPSA) is 112 Å². The Kier molecular flexibility index (Phi) is 34.6. The maximum absolute atomic E-state index is 7.50. The Morgan fingerprint density at radius 3 is 1.81 bits per heavy atom. The van der Waals surface area contributed by atoms with Gasteiger partial charge in [0, 0.05) is 0 Å². The average molecular weight is 539 g/mol. The Balaban J connectivity index is -0.000000210. The summed E-state index contributed by atoms with van der Waals surface area (Å²) in [5.74, 6) is 0. The zero-order valence-corrected chi connectivity index (χ0v) is 17.4. The zero-order chi connectivity index (χ0) is 21.4. The molecule has 2 rings (SSSR count). The molecule has 0 saturated carbocycles. The van der Waals surface area contributed by atoms with Crippen LogP contribution in [0.4, 0.5) is 0 Å². The fourth-order valence-corrected chi connectivity index (χ4v) is 3.07. The molecule has 6 nitrogen and oxygen atoms in total. The van der Waals surface area contributed by atoms with Gasteiger partial charge in [0.2, 0.25) is 0 Å². The Labute approximate surface area is 168 Å². The summed E-state index contributed by atoms with van der Waals surface area (Å²) in [6, 6.07) is 10.5. The van der Waals surface area contributed by atoms with Crippen molar-refractivity contribution in [3.63, 3.8) is 0 Å². The van der Waals surface area contributed by atoms with Gasteiger partial charge in [-0.25, -0.2) is 0 Å². The average Bonchev–Trinajstić information content (AvgIpc) is 3.10. The SMILES string of the molecule is CSC=C1CN[C](=[W])C1=Cc1ccccc1.[C-]#[O+].[C-]#[O+].[C-]#[O+].[C-]#[O+].[C-]#[O+]. The van der Waals surface area contributed by atoms with Crippen molar-refractivity contribution < 1.29 is 42.6 Å². The molecule has 26 heavy (non-hydrogen) atoms. The van der Waals surface area contributed by atoms with Crippen LogP contribution in [-0.4, -0.2) is 16.8 Å². The van der Waals surface area contributed by atoms with Crippen LogP contribution in [0.5, 0.6) is 0 Å². The molecule has 0 atom stereocenters. The number of rotatable bonds is 2. The molecule has 0 aliphatic carbocycles. The molecule has 0 bridgehead atoms. The van der Waals surface area contributed by atoms with Gasteiger partial charge in [-0.1, -0.05) is 0 Å². The van der Waals surface area contributed by atoms with Gasteiger partial charge in [-0.05, 0) is 0 Å². The number of benzene rings is 1. The Hall–Kier alpha value is -1.73. The van der Waals surface area contributed by atoms with Crippen molar-refractivity contribution in [2.75, 3.05) is 12.8 Å². The molecular weight excluding hydrogens is 526 g/mol. The Morgan fingerprint density at radius 2 is 1.38 bits per heavy atom. The second-order valence-electron chi connectivity index (χ2n) is 3.53. The first kappa shape index (κ1) is 32.0. The molecule has 132 valence electrons. The van der Waals surface area contributed by atoms with Crippen LogP contribution in [0.15, 0.2) is 46.9 Å². The summed E-state index contributed by atoms with van der Waals surface area (Å²) in [6.45, 7) is 23.5. The molecule has 0 aromatic heterocycles. The third kappa shape index (κ3) is 14.6. The third-order valence-corrected chi connectivity index (χ3v) is 4.23. The second-order valence-corrected chi connectivity index (χ2v) is 5.70. The van der Waals surface area contributed by atoms with Crippen molar-refractivity contribution in [3.05, 3.63) is 85.7 Å². The molecule has 0 amide bonds. The summed E-state index contributed by atoms with van der Waals surface area (Å²) in [4.78, 5) is 0. The van der Waals surface area contributed by atoms with Crippen LogP contribution in [-0.2, 0) is 42.6 Å². The first-order valence-electron chi connectivity index (χ1n) is 6.10. The van der Waals surface area contributed by atoms with Crippen LogP contribution < -0.4 is 5.32 Å². The van der Waals surface area contributed by atoms with Gasteiger partial charge in [-0.2, -0.15) is 0 Å². The molecule has 1 aromatic rings. The van der Waals surface area contributed by atoms with Crippen LogP contribution in [0.3, 0.4) is 0 Å². The molecule has 1 N–H and O–H groups in total. The molecule has 0 spiro atoms. The molecule has 0 unspecified atom stereocenters. The summed E-state index contributed by atoms with van der Waals surface area (Å²) >= 11 is 3.27. The van der Waals surface area contributed by atoms with E-state index < -0.39 is 0 Å². The summed E-state index contributed by atoms with van der Waals surface area (Å²) in [7, 11) is 0. The minimum absolute atomic E-state index is 0.971. The van der Waals surface area contributed by atoms with E-state index in [0.29, 0.717) is 0 Å². The van der Waals surface area contributed by atoms with Crippen LogP contribution >= 0.6 is 11.8 Å². The molecular formula is C18H13NO5SW. The first-order valence-corrected chi connectivity index (χ1v) is 8.86. The van der Waals surface area contributed by atoms with E-state index in [0.717, 1.165) is 6.54 Å². The van der Waals surface area contributed by atoms with Gasteiger partial charge in [0.05, 0.1) is 0 Å². The summed E-state index contributed by atoms with van der Waals surface area (Å²) < 4.78 is 38.9. The number of nitrogens with one attached hydrogen (secondary N) is 1. The second kappa shape index (κ2) is 28.1. The third-order valence-electron chi connectivity index (χ3n) is 2.40. The first-order chi connectivity index (χ1) is 12.8. The molecule has 0 radical (unpaired) electrons. The van der Waals surface area contributed by atoms with Crippen molar-refractivity contribution in [2.45, 2.75) is 0 Å². The van der Waals surface area contributed by atoms with E-state index in [-0.39, 0.29) is 0 Å². The van der Waals surface area contributed by atoms with Crippen molar-refractivity contribution in [1.82, 2.24) is 5.32 Å². The van der Waals surface area contributed by atoms with E-state index in [2.05, 4.69) is 86.6 Å². The van der Waals surface area contributed by atoms with Gasteiger partial charge in [0.25, 0.3) is 0 Å². The minimum atomic E-state index is 0.971. The monoisotopic (exact) mass is 539 g/mol. The predicted octanol–water partition coefficient (Wildman–Crippen LogP) is 2.41. The predicted molar refractivity (Wildman–Crippen MR) is 88.7 cm³/mol. The zero-order valence-electron chi connectivity index (χ0n) is 13.6. The fraction of sp³-hybridized carbons (Fsp3) is 0.111.